The first-order chi connectivity index (χ1) is 6.24. The molecule has 0 aromatic heterocycles. The number of carbonyl (C=O) groups is 1. The van der Waals surface area contributed by atoms with Crippen molar-refractivity contribution in [1.82, 2.24) is 5.32 Å². The second-order valence-corrected chi connectivity index (χ2v) is 2.93. The molecule has 78 valence electrons. The largest absolute Gasteiger partial charge is 0.382 e. The molecule has 0 aliphatic rings. The molecule has 0 aliphatic carbocycles. The average Bonchev–Trinajstić information content (AvgIpc) is 2.05. The highest BCUT2D eigenvalue weighted by molar-refractivity contribution is 5.76. The van der Waals surface area contributed by atoms with Gasteiger partial charge in [-0.1, -0.05) is 6.92 Å². The second kappa shape index (κ2) is 8.01. The van der Waals surface area contributed by atoms with Gasteiger partial charge in [0.2, 0.25) is 5.91 Å². The molecule has 0 atom stereocenters. The summed E-state index contributed by atoms with van der Waals surface area (Å²) in [5.41, 5.74) is 0. The van der Waals surface area contributed by atoms with E-state index in [9.17, 15) is 4.79 Å². The summed E-state index contributed by atoms with van der Waals surface area (Å²) in [7, 11) is 3.21. The van der Waals surface area contributed by atoms with E-state index in [1.54, 1.807) is 14.2 Å². The van der Waals surface area contributed by atoms with Crippen LogP contribution in [0.1, 0.15) is 19.8 Å². The normalized spacial score (nSPS) is 10.5. The minimum absolute atomic E-state index is 0.0333. The average molecular weight is 189 g/mol. The van der Waals surface area contributed by atoms with Gasteiger partial charge >= 0.3 is 0 Å². The Morgan fingerprint density at radius 2 is 1.85 bits per heavy atom. The van der Waals surface area contributed by atoms with Crippen molar-refractivity contribution in [3.63, 3.8) is 0 Å². The van der Waals surface area contributed by atoms with Gasteiger partial charge in [-0.3, -0.25) is 4.79 Å². The molecule has 1 amide bonds. The van der Waals surface area contributed by atoms with Gasteiger partial charge in [-0.15, -0.1) is 0 Å². The van der Waals surface area contributed by atoms with Crippen molar-refractivity contribution < 1.29 is 14.3 Å². The Bertz CT molecular complexity index is 133. The number of methoxy groups -OCH3 is 2. The summed E-state index contributed by atoms with van der Waals surface area (Å²) in [6, 6.07) is -0.0333. The van der Waals surface area contributed by atoms with E-state index in [-0.39, 0.29) is 11.9 Å². The zero-order chi connectivity index (χ0) is 10.1. The lowest BCUT2D eigenvalue weighted by Crippen LogP contribution is -2.40. The first kappa shape index (κ1) is 12.4. The number of carbonyl (C=O) groups excluding carboxylic acids is 1. The fourth-order valence-corrected chi connectivity index (χ4v) is 1.06. The van der Waals surface area contributed by atoms with E-state index in [0.29, 0.717) is 19.6 Å². The number of amides is 1. The summed E-state index contributed by atoms with van der Waals surface area (Å²) in [5.74, 6) is 0.0570. The Balaban J connectivity index is 3.71. The third kappa shape index (κ3) is 6.54. The molecule has 0 heterocycles. The van der Waals surface area contributed by atoms with Crippen molar-refractivity contribution >= 4 is 5.91 Å². The molecule has 0 aromatic rings. The Morgan fingerprint density at radius 3 is 2.23 bits per heavy atom. The van der Waals surface area contributed by atoms with E-state index in [0.717, 1.165) is 6.42 Å². The van der Waals surface area contributed by atoms with Crippen molar-refractivity contribution in [3.05, 3.63) is 0 Å². The lowest BCUT2D eigenvalue weighted by molar-refractivity contribution is -0.122. The smallest absolute Gasteiger partial charge is 0.220 e. The van der Waals surface area contributed by atoms with Crippen molar-refractivity contribution in [1.29, 1.82) is 0 Å². The van der Waals surface area contributed by atoms with E-state index >= 15 is 0 Å². The summed E-state index contributed by atoms with van der Waals surface area (Å²) in [6.07, 6.45) is 1.42. The van der Waals surface area contributed by atoms with Gasteiger partial charge in [0.05, 0.1) is 19.3 Å². The van der Waals surface area contributed by atoms with E-state index in [1.165, 1.54) is 0 Å². The zero-order valence-electron chi connectivity index (χ0n) is 8.63. The quantitative estimate of drug-likeness (QED) is 0.636. The molecule has 4 nitrogen and oxygen atoms in total. The molecule has 0 bridgehead atoms. The van der Waals surface area contributed by atoms with Gasteiger partial charge in [-0.25, -0.2) is 0 Å². The Hall–Kier alpha value is -0.610. The molecule has 0 radical (unpaired) electrons. The summed E-state index contributed by atoms with van der Waals surface area (Å²) in [4.78, 5) is 11.2. The fourth-order valence-electron chi connectivity index (χ4n) is 1.06. The summed E-state index contributed by atoms with van der Waals surface area (Å²) >= 11 is 0. The van der Waals surface area contributed by atoms with Crippen LogP contribution in [0.5, 0.6) is 0 Å². The maximum absolute atomic E-state index is 11.2. The van der Waals surface area contributed by atoms with E-state index in [1.807, 2.05) is 6.92 Å². The van der Waals surface area contributed by atoms with Crippen molar-refractivity contribution in [3.8, 4) is 0 Å². The molecule has 0 saturated carbocycles. The second-order valence-electron chi connectivity index (χ2n) is 2.93. The molecule has 0 rings (SSSR count). The lowest BCUT2D eigenvalue weighted by atomic mass is 10.3. The molecule has 4 heteroatoms. The van der Waals surface area contributed by atoms with Crippen LogP contribution in [0.3, 0.4) is 0 Å². The molecule has 1 N–H and O–H groups in total. The van der Waals surface area contributed by atoms with E-state index < -0.39 is 0 Å². The van der Waals surface area contributed by atoms with E-state index in [4.69, 9.17) is 9.47 Å². The highest BCUT2D eigenvalue weighted by Crippen LogP contribution is 1.91. The minimum atomic E-state index is -0.0333. The SMILES string of the molecule is CCCC(=O)NC(COC)COC. The third-order valence-electron chi connectivity index (χ3n) is 1.58. The predicted molar refractivity (Wildman–Crippen MR) is 50.6 cm³/mol. The number of hydrogen-bond donors (Lipinski definition) is 1. The number of ether oxygens (including phenoxy) is 2. The number of nitrogens with one attached hydrogen (secondary N) is 1. The molecule has 13 heavy (non-hydrogen) atoms. The Kier molecular flexibility index (Phi) is 7.63. The molecule has 0 saturated heterocycles. The van der Waals surface area contributed by atoms with Crippen LogP contribution < -0.4 is 5.32 Å². The molecule has 0 aromatic carbocycles. The summed E-state index contributed by atoms with van der Waals surface area (Å²) in [6.45, 7) is 2.95. The molecule has 0 aliphatic heterocycles. The van der Waals surface area contributed by atoms with Crippen LogP contribution in [0.15, 0.2) is 0 Å². The summed E-state index contributed by atoms with van der Waals surface area (Å²) < 4.78 is 9.88. The predicted octanol–water partition coefficient (Wildman–Crippen LogP) is 0.564. The van der Waals surface area contributed by atoms with Crippen LogP contribution in [0.25, 0.3) is 0 Å². The zero-order valence-corrected chi connectivity index (χ0v) is 8.63. The molecule has 0 spiro atoms. The number of rotatable bonds is 7. The van der Waals surface area contributed by atoms with Crippen LogP contribution >= 0.6 is 0 Å². The molecular formula is C9H19NO3. The highest BCUT2D eigenvalue weighted by Gasteiger charge is 2.10. The Labute approximate surface area is 79.6 Å². The molecule has 0 fully saturated rings. The standard InChI is InChI=1S/C9H19NO3/c1-4-5-9(11)10-8(6-12-2)7-13-3/h8H,4-7H2,1-3H3,(H,10,11). The van der Waals surface area contributed by atoms with Crippen LogP contribution in [0, 0.1) is 0 Å². The number of hydrogen-bond acceptors (Lipinski definition) is 3. The van der Waals surface area contributed by atoms with Gasteiger partial charge in [-0.2, -0.15) is 0 Å². The first-order valence-electron chi connectivity index (χ1n) is 4.51. The summed E-state index contributed by atoms with van der Waals surface area (Å²) in [5, 5.41) is 2.83. The van der Waals surface area contributed by atoms with Crippen LogP contribution in [0.4, 0.5) is 0 Å². The van der Waals surface area contributed by atoms with Gasteiger partial charge < -0.3 is 14.8 Å². The minimum Gasteiger partial charge on any atom is -0.382 e. The van der Waals surface area contributed by atoms with Gasteiger partial charge in [0.15, 0.2) is 0 Å². The maximum Gasteiger partial charge on any atom is 0.220 e. The highest BCUT2D eigenvalue weighted by atomic mass is 16.5. The van der Waals surface area contributed by atoms with Crippen LogP contribution in [-0.4, -0.2) is 39.4 Å². The van der Waals surface area contributed by atoms with Gasteiger partial charge in [0, 0.05) is 20.6 Å². The van der Waals surface area contributed by atoms with Gasteiger partial charge in [-0.05, 0) is 6.42 Å². The van der Waals surface area contributed by atoms with E-state index in [2.05, 4.69) is 5.32 Å². The molecule has 0 unspecified atom stereocenters. The molecular weight excluding hydrogens is 170 g/mol. The maximum atomic E-state index is 11.2. The topological polar surface area (TPSA) is 47.6 Å². The monoisotopic (exact) mass is 189 g/mol. The van der Waals surface area contributed by atoms with Crippen LogP contribution in [0.2, 0.25) is 0 Å². The Morgan fingerprint density at radius 1 is 1.31 bits per heavy atom. The van der Waals surface area contributed by atoms with Crippen molar-refractivity contribution in [2.75, 3.05) is 27.4 Å². The van der Waals surface area contributed by atoms with Crippen molar-refractivity contribution in [2.24, 2.45) is 0 Å². The lowest BCUT2D eigenvalue weighted by Gasteiger charge is -2.16. The van der Waals surface area contributed by atoms with Gasteiger partial charge in [0.1, 0.15) is 0 Å². The van der Waals surface area contributed by atoms with Crippen molar-refractivity contribution in [2.45, 2.75) is 25.8 Å². The van der Waals surface area contributed by atoms with Crippen LogP contribution in [-0.2, 0) is 14.3 Å². The first-order valence-corrected chi connectivity index (χ1v) is 4.51. The van der Waals surface area contributed by atoms with Gasteiger partial charge in [0.25, 0.3) is 0 Å². The fraction of sp³-hybridized carbons (Fsp3) is 0.889. The third-order valence-corrected chi connectivity index (χ3v) is 1.58.